The predicted octanol–water partition coefficient (Wildman–Crippen LogP) is 3.64. The molecule has 1 aromatic heterocycles. The summed E-state index contributed by atoms with van der Waals surface area (Å²) >= 11 is 0. The van der Waals surface area contributed by atoms with Crippen LogP contribution in [-0.4, -0.2) is 35.5 Å². The number of piperidine rings is 1. The Labute approximate surface area is 155 Å². The lowest BCUT2D eigenvalue weighted by Gasteiger charge is -2.31. The van der Waals surface area contributed by atoms with E-state index in [2.05, 4.69) is 27.3 Å². The van der Waals surface area contributed by atoms with Gasteiger partial charge in [-0.15, -0.1) is 0 Å². The minimum Gasteiger partial charge on any atom is -0.477 e. The second-order valence-corrected chi connectivity index (χ2v) is 7.03. The van der Waals surface area contributed by atoms with Gasteiger partial charge in [-0.3, -0.25) is 9.69 Å². The largest absolute Gasteiger partial charge is 0.477 e. The Morgan fingerprint density at radius 1 is 1.23 bits per heavy atom. The zero-order chi connectivity index (χ0) is 18.4. The van der Waals surface area contributed by atoms with Gasteiger partial charge >= 0.3 is 0 Å². The Balaban J connectivity index is 1.42. The summed E-state index contributed by atoms with van der Waals surface area (Å²) in [5.41, 5.74) is 3.22. The third kappa shape index (κ3) is 5.30. The number of benzene rings is 1. The number of nitrogens with zero attached hydrogens (tertiary/aromatic N) is 2. The average Bonchev–Trinajstić information content (AvgIpc) is 2.63. The molecule has 1 aromatic carbocycles. The number of anilines is 1. The van der Waals surface area contributed by atoms with E-state index in [1.165, 1.54) is 12.5 Å². The van der Waals surface area contributed by atoms with Crippen molar-refractivity contribution in [3.63, 3.8) is 0 Å². The lowest BCUT2D eigenvalue weighted by molar-refractivity contribution is -0.114. The van der Waals surface area contributed by atoms with Crippen LogP contribution in [0.2, 0.25) is 0 Å². The van der Waals surface area contributed by atoms with Gasteiger partial charge < -0.3 is 10.1 Å². The lowest BCUT2D eigenvalue weighted by atomic mass is 9.97. The quantitative estimate of drug-likeness (QED) is 0.861. The number of amides is 1. The SMILES string of the molecule is CC(=O)Nc1ccc(CN2CCC(COc3ncccc3C)CC2)cc1. The van der Waals surface area contributed by atoms with Gasteiger partial charge in [-0.25, -0.2) is 4.98 Å². The van der Waals surface area contributed by atoms with Crippen LogP contribution in [0.5, 0.6) is 5.88 Å². The fraction of sp³-hybridized carbons (Fsp3) is 0.429. The number of likely N-dealkylation sites (tertiary alicyclic amines) is 1. The van der Waals surface area contributed by atoms with Gasteiger partial charge in [0.25, 0.3) is 0 Å². The molecule has 0 unspecified atom stereocenters. The number of pyridine rings is 1. The van der Waals surface area contributed by atoms with Gasteiger partial charge in [-0.1, -0.05) is 18.2 Å². The Bertz CT molecular complexity index is 722. The van der Waals surface area contributed by atoms with Gasteiger partial charge in [0.05, 0.1) is 6.61 Å². The molecular formula is C21H27N3O2. The zero-order valence-corrected chi connectivity index (χ0v) is 15.6. The minimum atomic E-state index is -0.0389. The molecule has 2 aromatic rings. The lowest BCUT2D eigenvalue weighted by Crippen LogP contribution is -2.35. The zero-order valence-electron chi connectivity index (χ0n) is 15.6. The van der Waals surface area contributed by atoms with Crippen LogP contribution in [0, 0.1) is 12.8 Å². The molecular weight excluding hydrogens is 326 g/mol. The van der Waals surface area contributed by atoms with Crippen molar-refractivity contribution in [1.82, 2.24) is 9.88 Å². The number of rotatable bonds is 6. The first-order valence-electron chi connectivity index (χ1n) is 9.23. The van der Waals surface area contributed by atoms with E-state index in [1.807, 2.05) is 31.2 Å². The standard InChI is InChI=1S/C21H27N3O2/c1-16-4-3-11-22-21(16)26-15-19-9-12-24(13-10-19)14-18-5-7-20(8-6-18)23-17(2)25/h3-8,11,19H,9-10,12-15H2,1-2H3,(H,23,25). The van der Waals surface area contributed by atoms with Crippen molar-refractivity contribution in [2.75, 3.05) is 25.0 Å². The number of aryl methyl sites for hydroxylation is 1. The fourth-order valence-electron chi connectivity index (χ4n) is 3.29. The van der Waals surface area contributed by atoms with Crippen LogP contribution in [0.25, 0.3) is 0 Å². The molecule has 1 aliphatic rings. The van der Waals surface area contributed by atoms with Crippen molar-refractivity contribution in [1.29, 1.82) is 0 Å². The summed E-state index contributed by atoms with van der Waals surface area (Å²) in [7, 11) is 0. The Kier molecular flexibility index (Phi) is 6.23. The number of hydrogen-bond donors (Lipinski definition) is 1. The van der Waals surface area contributed by atoms with E-state index in [1.54, 1.807) is 6.20 Å². The van der Waals surface area contributed by atoms with Crippen molar-refractivity contribution in [2.45, 2.75) is 33.2 Å². The molecule has 5 heteroatoms. The first kappa shape index (κ1) is 18.4. The average molecular weight is 353 g/mol. The van der Waals surface area contributed by atoms with E-state index in [-0.39, 0.29) is 5.91 Å². The molecule has 1 amide bonds. The highest BCUT2D eigenvalue weighted by Crippen LogP contribution is 2.21. The Morgan fingerprint density at radius 2 is 1.96 bits per heavy atom. The molecule has 138 valence electrons. The van der Waals surface area contributed by atoms with Crippen LogP contribution in [0.3, 0.4) is 0 Å². The molecule has 0 saturated carbocycles. The normalized spacial score (nSPS) is 15.6. The van der Waals surface area contributed by atoms with Gasteiger partial charge in [0, 0.05) is 30.9 Å². The topological polar surface area (TPSA) is 54.5 Å². The molecule has 3 rings (SSSR count). The fourth-order valence-corrected chi connectivity index (χ4v) is 3.29. The van der Waals surface area contributed by atoms with E-state index in [0.29, 0.717) is 5.92 Å². The summed E-state index contributed by atoms with van der Waals surface area (Å²) in [4.78, 5) is 17.9. The maximum Gasteiger partial charge on any atom is 0.221 e. The van der Waals surface area contributed by atoms with Gasteiger partial charge in [0.1, 0.15) is 0 Å². The van der Waals surface area contributed by atoms with Crippen molar-refractivity contribution in [3.05, 3.63) is 53.7 Å². The van der Waals surface area contributed by atoms with Gasteiger partial charge in [0.15, 0.2) is 0 Å². The molecule has 1 saturated heterocycles. The summed E-state index contributed by atoms with van der Waals surface area (Å²) in [6.07, 6.45) is 4.08. The van der Waals surface area contributed by atoms with Crippen LogP contribution in [0.15, 0.2) is 42.6 Å². The Morgan fingerprint density at radius 3 is 2.62 bits per heavy atom. The maximum absolute atomic E-state index is 11.1. The highest BCUT2D eigenvalue weighted by Gasteiger charge is 2.20. The number of hydrogen-bond acceptors (Lipinski definition) is 4. The Hall–Kier alpha value is -2.40. The van der Waals surface area contributed by atoms with E-state index in [0.717, 1.165) is 56.2 Å². The molecule has 1 aliphatic heterocycles. The number of carbonyl (C=O) groups is 1. The molecule has 0 aliphatic carbocycles. The molecule has 1 fully saturated rings. The summed E-state index contributed by atoms with van der Waals surface area (Å²) in [6.45, 7) is 7.43. The van der Waals surface area contributed by atoms with Crippen molar-refractivity contribution >= 4 is 11.6 Å². The monoisotopic (exact) mass is 353 g/mol. The van der Waals surface area contributed by atoms with Crippen molar-refractivity contribution in [3.8, 4) is 5.88 Å². The summed E-state index contributed by atoms with van der Waals surface area (Å²) in [6, 6.07) is 12.1. The number of carbonyl (C=O) groups excluding carboxylic acids is 1. The van der Waals surface area contributed by atoms with Gasteiger partial charge in [-0.2, -0.15) is 0 Å². The summed E-state index contributed by atoms with van der Waals surface area (Å²) < 4.78 is 5.91. The second-order valence-electron chi connectivity index (χ2n) is 7.03. The van der Waals surface area contributed by atoms with Crippen LogP contribution in [0.4, 0.5) is 5.69 Å². The third-order valence-electron chi connectivity index (χ3n) is 4.80. The highest BCUT2D eigenvalue weighted by molar-refractivity contribution is 5.88. The minimum absolute atomic E-state index is 0.0389. The number of nitrogens with one attached hydrogen (secondary N) is 1. The molecule has 0 radical (unpaired) electrons. The van der Waals surface area contributed by atoms with Crippen LogP contribution in [0.1, 0.15) is 30.9 Å². The molecule has 1 N–H and O–H groups in total. The maximum atomic E-state index is 11.1. The smallest absolute Gasteiger partial charge is 0.221 e. The second kappa shape index (κ2) is 8.81. The van der Waals surface area contributed by atoms with E-state index in [9.17, 15) is 4.79 Å². The van der Waals surface area contributed by atoms with E-state index >= 15 is 0 Å². The van der Waals surface area contributed by atoms with Crippen LogP contribution < -0.4 is 10.1 Å². The summed E-state index contributed by atoms with van der Waals surface area (Å²) in [5.74, 6) is 1.31. The van der Waals surface area contributed by atoms with E-state index in [4.69, 9.17) is 4.74 Å². The first-order valence-corrected chi connectivity index (χ1v) is 9.23. The molecule has 0 atom stereocenters. The molecule has 0 bridgehead atoms. The first-order chi connectivity index (χ1) is 12.6. The third-order valence-corrected chi connectivity index (χ3v) is 4.80. The van der Waals surface area contributed by atoms with Crippen LogP contribution >= 0.6 is 0 Å². The number of ether oxygens (including phenoxy) is 1. The van der Waals surface area contributed by atoms with Gasteiger partial charge in [-0.05, 0) is 62.5 Å². The van der Waals surface area contributed by atoms with Crippen molar-refractivity contribution in [2.24, 2.45) is 5.92 Å². The molecule has 0 spiro atoms. The molecule has 26 heavy (non-hydrogen) atoms. The van der Waals surface area contributed by atoms with Crippen molar-refractivity contribution < 1.29 is 9.53 Å². The van der Waals surface area contributed by atoms with E-state index < -0.39 is 0 Å². The van der Waals surface area contributed by atoms with Gasteiger partial charge in [0.2, 0.25) is 11.8 Å². The summed E-state index contributed by atoms with van der Waals surface area (Å²) in [5, 5.41) is 2.80. The molecule has 5 nitrogen and oxygen atoms in total. The number of aromatic nitrogens is 1. The highest BCUT2D eigenvalue weighted by atomic mass is 16.5. The van der Waals surface area contributed by atoms with Crippen LogP contribution in [-0.2, 0) is 11.3 Å². The predicted molar refractivity (Wildman–Crippen MR) is 103 cm³/mol. The molecule has 2 heterocycles.